The summed E-state index contributed by atoms with van der Waals surface area (Å²) in [7, 11) is 0. The topological polar surface area (TPSA) is 101 Å². The predicted molar refractivity (Wildman–Crippen MR) is 119 cm³/mol. The first-order valence-electron chi connectivity index (χ1n) is 10.0. The highest BCUT2D eigenvalue weighted by Gasteiger charge is 2.13. The van der Waals surface area contributed by atoms with Gasteiger partial charge in [-0.3, -0.25) is 9.59 Å². The molecular formula is C25H19N3O5. The Morgan fingerprint density at radius 1 is 0.515 bits per heavy atom. The van der Waals surface area contributed by atoms with E-state index in [4.69, 9.17) is 14.2 Å². The summed E-state index contributed by atoms with van der Waals surface area (Å²) in [4.78, 5) is 35.6. The van der Waals surface area contributed by atoms with Crippen LogP contribution in [0.1, 0.15) is 34.6 Å². The van der Waals surface area contributed by atoms with Gasteiger partial charge in [-0.15, -0.1) is 15.0 Å². The summed E-state index contributed by atoms with van der Waals surface area (Å²) < 4.78 is 17.2. The number of aromatic nitrogens is 3. The molecule has 0 fully saturated rings. The zero-order chi connectivity index (χ0) is 23.2. The molecule has 0 unspecified atom stereocenters. The quantitative estimate of drug-likeness (QED) is 0.323. The zero-order valence-electron chi connectivity index (χ0n) is 17.9. The first-order valence-corrected chi connectivity index (χ1v) is 10.0. The molecule has 0 bridgehead atoms. The molecule has 0 saturated heterocycles. The Labute approximate surface area is 189 Å². The number of Topliss-reactive ketones (excluding diaryl/α,β-unsaturated/α-hetero) is 2. The Morgan fingerprint density at radius 3 is 1.18 bits per heavy atom. The van der Waals surface area contributed by atoms with Crippen LogP contribution >= 0.6 is 0 Å². The first kappa shape index (κ1) is 21.6. The Kier molecular flexibility index (Phi) is 6.36. The molecule has 8 nitrogen and oxygen atoms in total. The SMILES string of the molecule is CC(=O)c1ccc(Oc2nc(Oc3ccccc3)nc(Oc3ccc(C(C)=O)cc3)n2)cc1. The molecule has 0 atom stereocenters. The normalized spacial score (nSPS) is 10.4. The molecule has 0 aliphatic heterocycles. The maximum absolute atomic E-state index is 11.5. The molecule has 0 spiro atoms. The summed E-state index contributed by atoms with van der Waals surface area (Å²) in [6.45, 7) is 2.98. The van der Waals surface area contributed by atoms with Crippen molar-refractivity contribution >= 4 is 11.6 Å². The zero-order valence-corrected chi connectivity index (χ0v) is 17.9. The third-order valence-electron chi connectivity index (χ3n) is 4.47. The molecule has 0 N–H and O–H groups in total. The van der Waals surface area contributed by atoms with Gasteiger partial charge in [0.2, 0.25) is 0 Å². The largest absolute Gasteiger partial charge is 0.424 e. The molecule has 1 aromatic heterocycles. The van der Waals surface area contributed by atoms with Crippen molar-refractivity contribution in [1.82, 2.24) is 15.0 Å². The fourth-order valence-corrected chi connectivity index (χ4v) is 2.78. The van der Waals surface area contributed by atoms with E-state index < -0.39 is 0 Å². The van der Waals surface area contributed by atoms with Crippen molar-refractivity contribution in [3.8, 4) is 35.3 Å². The predicted octanol–water partition coefficient (Wildman–Crippen LogP) is 5.65. The Morgan fingerprint density at radius 2 is 0.848 bits per heavy atom. The maximum atomic E-state index is 11.5. The van der Waals surface area contributed by atoms with Crippen LogP contribution in [-0.2, 0) is 0 Å². The second-order valence-electron chi connectivity index (χ2n) is 6.96. The number of ether oxygens (including phenoxy) is 3. The van der Waals surface area contributed by atoms with E-state index in [1.165, 1.54) is 13.8 Å². The van der Waals surface area contributed by atoms with Gasteiger partial charge in [0.15, 0.2) is 11.6 Å². The van der Waals surface area contributed by atoms with Gasteiger partial charge in [-0.2, -0.15) is 0 Å². The lowest BCUT2D eigenvalue weighted by Gasteiger charge is -2.10. The van der Waals surface area contributed by atoms with E-state index >= 15 is 0 Å². The van der Waals surface area contributed by atoms with E-state index in [0.29, 0.717) is 28.4 Å². The molecule has 164 valence electrons. The lowest BCUT2D eigenvalue weighted by atomic mass is 10.1. The van der Waals surface area contributed by atoms with Crippen molar-refractivity contribution in [3.63, 3.8) is 0 Å². The van der Waals surface area contributed by atoms with Crippen molar-refractivity contribution in [2.45, 2.75) is 13.8 Å². The van der Waals surface area contributed by atoms with E-state index in [1.54, 1.807) is 60.7 Å². The number of hydrogen-bond donors (Lipinski definition) is 0. The van der Waals surface area contributed by atoms with Crippen molar-refractivity contribution in [2.24, 2.45) is 0 Å². The van der Waals surface area contributed by atoms with E-state index in [0.717, 1.165) is 0 Å². The molecule has 0 radical (unpaired) electrons. The van der Waals surface area contributed by atoms with Crippen LogP contribution in [0, 0.1) is 0 Å². The second-order valence-corrected chi connectivity index (χ2v) is 6.96. The highest BCUT2D eigenvalue weighted by Crippen LogP contribution is 2.27. The summed E-state index contributed by atoms with van der Waals surface area (Å²) in [5.41, 5.74) is 1.12. The molecule has 3 aromatic carbocycles. The fourth-order valence-electron chi connectivity index (χ4n) is 2.78. The van der Waals surface area contributed by atoms with Gasteiger partial charge in [0.05, 0.1) is 0 Å². The second kappa shape index (κ2) is 9.69. The monoisotopic (exact) mass is 441 g/mol. The molecular weight excluding hydrogens is 422 g/mol. The summed E-state index contributed by atoms with van der Waals surface area (Å²) in [6, 6.07) is 22.0. The number of benzene rings is 3. The van der Waals surface area contributed by atoms with Gasteiger partial charge in [-0.1, -0.05) is 18.2 Å². The van der Waals surface area contributed by atoms with E-state index in [1.807, 2.05) is 18.2 Å². The van der Waals surface area contributed by atoms with Crippen molar-refractivity contribution in [3.05, 3.63) is 90.0 Å². The van der Waals surface area contributed by atoms with E-state index in [9.17, 15) is 9.59 Å². The number of ketones is 2. The van der Waals surface area contributed by atoms with Gasteiger partial charge in [0.25, 0.3) is 0 Å². The molecule has 0 amide bonds. The number of para-hydroxylation sites is 1. The molecule has 0 aliphatic rings. The number of carbonyl (C=O) groups is 2. The van der Waals surface area contributed by atoms with Crippen LogP contribution < -0.4 is 14.2 Å². The number of rotatable bonds is 8. The molecule has 1 heterocycles. The summed E-state index contributed by atoms with van der Waals surface area (Å²) in [5.74, 6) is 1.28. The van der Waals surface area contributed by atoms with E-state index in [-0.39, 0.29) is 29.6 Å². The minimum atomic E-state index is -0.0538. The fraction of sp³-hybridized carbons (Fsp3) is 0.0800. The van der Waals surface area contributed by atoms with Gasteiger partial charge in [-0.25, -0.2) is 0 Å². The number of nitrogens with zero attached hydrogens (tertiary/aromatic N) is 3. The number of hydrogen-bond acceptors (Lipinski definition) is 8. The summed E-state index contributed by atoms with van der Waals surface area (Å²) >= 11 is 0. The minimum Gasteiger partial charge on any atom is -0.424 e. The Hall–Kier alpha value is -4.59. The summed E-state index contributed by atoms with van der Waals surface area (Å²) in [5, 5.41) is 0. The highest BCUT2D eigenvalue weighted by molar-refractivity contribution is 5.94. The Bertz CT molecular complexity index is 1200. The lowest BCUT2D eigenvalue weighted by molar-refractivity contribution is 0.100. The van der Waals surface area contributed by atoms with Crippen LogP contribution in [0.3, 0.4) is 0 Å². The van der Waals surface area contributed by atoms with Crippen molar-refractivity contribution < 1.29 is 23.8 Å². The molecule has 0 aliphatic carbocycles. The van der Waals surface area contributed by atoms with Crippen LogP contribution in [0.15, 0.2) is 78.9 Å². The van der Waals surface area contributed by atoms with Crippen LogP contribution in [0.4, 0.5) is 0 Å². The third-order valence-corrected chi connectivity index (χ3v) is 4.47. The highest BCUT2D eigenvalue weighted by atomic mass is 16.5. The molecule has 33 heavy (non-hydrogen) atoms. The minimum absolute atomic E-state index is 0.0260. The lowest BCUT2D eigenvalue weighted by Crippen LogP contribution is -2.01. The van der Waals surface area contributed by atoms with Gasteiger partial charge >= 0.3 is 18.0 Å². The van der Waals surface area contributed by atoms with Crippen LogP contribution in [-0.4, -0.2) is 26.5 Å². The summed E-state index contributed by atoms with van der Waals surface area (Å²) in [6.07, 6.45) is 0. The first-order chi connectivity index (χ1) is 16.0. The van der Waals surface area contributed by atoms with Crippen LogP contribution in [0.25, 0.3) is 0 Å². The van der Waals surface area contributed by atoms with Gasteiger partial charge < -0.3 is 14.2 Å². The van der Waals surface area contributed by atoms with Gasteiger partial charge in [0, 0.05) is 11.1 Å². The van der Waals surface area contributed by atoms with Crippen molar-refractivity contribution in [1.29, 1.82) is 0 Å². The smallest absolute Gasteiger partial charge is 0.331 e. The molecule has 4 rings (SSSR count). The van der Waals surface area contributed by atoms with Crippen LogP contribution in [0.2, 0.25) is 0 Å². The third kappa shape index (κ3) is 5.76. The van der Waals surface area contributed by atoms with E-state index in [2.05, 4.69) is 15.0 Å². The average Bonchev–Trinajstić information content (AvgIpc) is 2.80. The molecule has 8 heteroatoms. The van der Waals surface area contributed by atoms with Gasteiger partial charge in [-0.05, 0) is 74.5 Å². The maximum Gasteiger partial charge on any atom is 0.331 e. The molecule has 0 saturated carbocycles. The number of carbonyl (C=O) groups excluding carboxylic acids is 2. The average molecular weight is 441 g/mol. The standard InChI is InChI=1S/C25H19N3O5/c1-16(29)18-8-12-21(13-9-18)32-24-26-23(31-20-6-4-3-5-7-20)27-25(28-24)33-22-14-10-19(11-15-22)17(2)30/h3-15H,1-2H3. The van der Waals surface area contributed by atoms with Gasteiger partial charge in [0.1, 0.15) is 17.2 Å². The Balaban J connectivity index is 1.62. The van der Waals surface area contributed by atoms with Crippen molar-refractivity contribution in [2.75, 3.05) is 0 Å². The van der Waals surface area contributed by atoms with Crippen LogP contribution in [0.5, 0.6) is 35.3 Å². The molecule has 4 aromatic rings.